The van der Waals surface area contributed by atoms with Gasteiger partial charge in [0.15, 0.2) is 0 Å². The number of ether oxygens (including phenoxy) is 1. The first-order valence-corrected chi connectivity index (χ1v) is 12.8. The highest BCUT2D eigenvalue weighted by molar-refractivity contribution is 7.89. The summed E-state index contributed by atoms with van der Waals surface area (Å²) in [4.78, 5) is 27.7. The van der Waals surface area contributed by atoms with E-state index < -0.39 is 22.0 Å². The molecule has 1 heterocycles. The van der Waals surface area contributed by atoms with E-state index in [0.29, 0.717) is 30.2 Å². The normalized spacial score (nSPS) is 19.8. The van der Waals surface area contributed by atoms with Gasteiger partial charge in [-0.2, -0.15) is 4.31 Å². The van der Waals surface area contributed by atoms with Crippen molar-refractivity contribution in [1.82, 2.24) is 4.31 Å². The molecule has 4 rings (SSSR count). The minimum atomic E-state index is -3.99. The van der Waals surface area contributed by atoms with Crippen LogP contribution in [0.15, 0.2) is 53.4 Å². The number of imide groups is 1. The van der Waals surface area contributed by atoms with Gasteiger partial charge in [-0.25, -0.2) is 13.3 Å². The van der Waals surface area contributed by atoms with E-state index in [1.807, 2.05) is 12.1 Å². The van der Waals surface area contributed by atoms with Gasteiger partial charge in [-0.3, -0.25) is 9.59 Å². The number of carbonyl (C=O) groups is 2. The highest BCUT2D eigenvalue weighted by Gasteiger charge is 2.49. The number of benzene rings is 2. The average Bonchev–Trinajstić information content (AvgIpc) is 3.42. The molecule has 1 saturated carbocycles. The number of nitrogens with zero attached hydrogens (tertiary/aromatic N) is 2. The number of rotatable bonds is 7. The number of methoxy groups -OCH3 is 1. The second-order valence-corrected chi connectivity index (χ2v) is 10.8. The van der Waals surface area contributed by atoms with Gasteiger partial charge in [-0.15, -0.1) is 0 Å². The number of anilines is 1. The molecule has 2 aliphatic rings. The van der Waals surface area contributed by atoms with Crippen LogP contribution in [0.1, 0.15) is 57.4 Å². The summed E-state index contributed by atoms with van der Waals surface area (Å²) in [5.74, 6) is 0.00490. The van der Waals surface area contributed by atoms with Gasteiger partial charge in [0.25, 0.3) is 5.91 Å². The third-order valence-corrected chi connectivity index (χ3v) is 8.54. The molecule has 2 fully saturated rings. The monoisotopic (exact) mass is 470 g/mol. The Morgan fingerprint density at radius 2 is 1.58 bits per heavy atom. The summed E-state index contributed by atoms with van der Waals surface area (Å²) >= 11 is 0. The van der Waals surface area contributed by atoms with E-state index in [1.165, 1.54) is 23.5 Å². The molecule has 0 spiro atoms. The molecule has 7 nitrogen and oxygen atoms in total. The third kappa shape index (κ3) is 4.42. The SMILES string of the molecule is COc1ccc(S(=O)(=O)N(C2CCCC2)C2CC(=O)N(c3ccc(C(C)C)cc3)C2=O)cc1. The van der Waals surface area contributed by atoms with Crippen molar-refractivity contribution >= 4 is 27.5 Å². The van der Waals surface area contributed by atoms with Gasteiger partial charge in [-0.05, 0) is 60.7 Å². The summed E-state index contributed by atoms with van der Waals surface area (Å²) in [6, 6.07) is 12.1. The molecule has 8 heteroatoms. The lowest BCUT2D eigenvalue weighted by Gasteiger charge is -2.32. The number of carbonyl (C=O) groups excluding carboxylic acids is 2. The highest BCUT2D eigenvalue weighted by Crippen LogP contribution is 2.36. The van der Waals surface area contributed by atoms with Crippen LogP contribution in [0, 0.1) is 0 Å². The van der Waals surface area contributed by atoms with Gasteiger partial charge in [0, 0.05) is 6.04 Å². The van der Waals surface area contributed by atoms with E-state index in [9.17, 15) is 18.0 Å². The summed E-state index contributed by atoms with van der Waals surface area (Å²) in [6.07, 6.45) is 2.99. The average molecular weight is 471 g/mol. The van der Waals surface area contributed by atoms with Crippen LogP contribution in [0.25, 0.3) is 0 Å². The lowest BCUT2D eigenvalue weighted by Crippen LogP contribution is -2.49. The van der Waals surface area contributed by atoms with Gasteiger partial charge >= 0.3 is 0 Å². The van der Waals surface area contributed by atoms with E-state index in [-0.39, 0.29) is 23.3 Å². The summed E-state index contributed by atoms with van der Waals surface area (Å²) < 4.78 is 33.9. The molecule has 2 amide bonds. The van der Waals surface area contributed by atoms with Crippen LogP contribution < -0.4 is 9.64 Å². The zero-order valence-corrected chi connectivity index (χ0v) is 20.0. The van der Waals surface area contributed by atoms with E-state index in [4.69, 9.17) is 4.74 Å². The molecule has 33 heavy (non-hydrogen) atoms. The zero-order chi connectivity index (χ0) is 23.8. The van der Waals surface area contributed by atoms with Crippen LogP contribution in [0.2, 0.25) is 0 Å². The largest absolute Gasteiger partial charge is 0.497 e. The summed E-state index contributed by atoms with van der Waals surface area (Å²) in [5.41, 5.74) is 1.58. The fraction of sp³-hybridized carbons (Fsp3) is 0.440. The predicted molar refractivity (Wildman–Crippen MR) is 126 cm³/mol. The van der Waals surface area contributed by atoms with Crippen LogP contribution in [0.4, 0.5) is 5.69 Å². The van der Waals surface area contributed by atoms with Crippen LogP contribution in [-0.2, 0) is 19.6 Å². The Bertz CT molecular complexity index is 1120. The zero-order valence-electron chi connectivity index (χ0n) is 19.2. The van der Waals surface area contributed by atoms with Crippen molar-refractivity contribution in [3.8, 4) is 5.75 Å². The van der Waals surface area contributed by atoms with Crippen molar-refractivity contribution in [2.24, 2.45) is 0 Å². The summed E-state index contributed by atoms with van der Waals surface area (Å²) in [6.45, 7) is 4.14. The minimum absolute atomic E-state index is 0.0928. The van der Waals surface area contributed by atoms with Crippen molar-refractivity contribution < 1.29 is 22.7 Å². The molecule has 176 valence electrons. The minimum Gasteiger partial charge on any atom is -0.497 e. The van der Waals surface area contributed by atoms with E-state index in [2.05, 4.69) is 13.8 Å². The van der Waals surface area contributed by atoms with E-state index in [1.54, 1.807) is 24.3 Å². The van der Waals surface area contributed by atoms with Crippen LogP contribution in [0.5, 0.6) is 5.75 Å². The maximum absolute atomic E-state index is 13.7. The second kappa shape index (κ2) is 9.27. The fourth-order valence-corrected chi connectivity index (χ4v) is 6.57. The first-order valence-electron chi connectivity index (χ1n) is 11.4. The first-order chi connectivity index (χ1) is 15.7. The van der Waals surface area contributed by atoms with Gasteiger partial charge in [-0.1, -0.05) is 38.8 Å². The van der Waals surface area contributed by atoms with Crippen LogP contribution in [0.3, 0.4) is 0 Å². The molecule has 1 aliphatic heterocycles. The molecule has 1 unspecified atom stereocenters. The standard InChI is InChI=1S/C25H30N2O5S/c1-17(2)18-8-10-19(11-9-18)26-24(28)16-23(25(26)29)27(20-6-4-5-7-20)33(30,31)22-14-12-21(32-3)13-15-22/h8-15,17,20,23H,4-7,16H2,1-3H3. The topological polar surface area (TPSA) is 84.0 Å². The van der Waals surface area contributed by atoms with E-state index >= 15 is 0 Å². The molecule has 0 N–H and O–H groups in total. The molecule has 2 aromatic rings. The lowest BCUT2D eigenvalue weighted by atomic mass is 10.0. The van der Waals surface area contributed by atoms with Crippen molar-refractivity contribution in [3.63, 3.8) is 0 Å². The number of sulfonamides is 1. The Morgan fingerprint density at radius 1 is 0.970 bits per heavy atom. The van der Waals surface area contributed by atoms with Gasteiger partial charge in [0.2, 0.25) is 15.9 Å². The molecule has 2 aromatic carbocycles. The Labute approximate surface area is 195 Å². The molecule has 1 saturated heterocycles. The molecule has 1 aliphatic carbocycles. The van der Waals surface area contributed by atoms with Crippen molar-refractivity contribution in [3.05, 3.63) is 54.1 Å². The van der Waals surface area contributed by atoms with Gasteiger partial charge in [0.05, 0.1) is 24.1 Å². The predicted octanol–water partition coefficient (Wildman–Crippen LogP) is 4.08. The Balaban J connectivity index is 1.69. The summed E-state index contributed by atoms with van der Waals surface area (Å²) in [5, 5.41) is 0. The molecule has 0 aromatic heterocycles. The molecule has 0 radical (unpaired) electrons. The molecule has 1 atom stereocenters. The summed E-state index contributed by atoms with van der Waals surface area (Å²) in [7, 11) is -2.48. The maximum Gasteiger partial charge on any atom is 0.252 e. The van der Waals surface area contributed by atoms with Crippen LogP contribution >= 0.6 is 0 Å². The van der Waals surface area contributed by atoms with Crippen LogP contribution in [-0.4, -0.2) is 43.7 Å². The van der Waals surface area contributed by atoms with Crippen molar-refractivity contribution in [2.75, 3.05) is 12.0 Å². The number of hydrogen-bond donors (Lipinski definition) is 0. The molecular formula is C25H30N2O5S. The quantitative estimate of drug-likeness (QED) is 0.569. The Morgan fingerprint density at radius 3 is 2.12 bits per heavy atom. The fourth-order valence-electron chi connectivity index (χ4n) is 4.74. The third-order valence-electron chi connectivity index (χ3n) is 6.57. The Kier molecular flexibility index (Phi) is 6.59. The van der Waals surface area contributed by atoms with Crippen molar-refractivity contribution in [1.29, 1.82) is 0 Å². The first kappa shape index (κ1) is 23.4. The van der Waals surface area contributed by atoms with Gasteiger partial charge < -0.3 is 4.74 Å². The molecular weight excluding hydrogens is 440 g/mol. The lowest BCUT2D eigenvalue weighted by molar-refractivity contribution is -0.122. The Hall–Kier alpha value is -2.71. The van der Waals surface area contributed by atoms with E-state index in [0.717, 1.165) is 23.3 Å². The second-order valence-electron chi connectivity index (χ2n) is 8.98. The number of hydrogen-bond acceptors (Lipinski definition) is 5. The van der Waals surface area contributed by atoms with Crippen molar-refractivity contribution in [2.45, 2.75) is 68.8 Å². The smallest absolute Gasteiger partial charge is 0.252 e. The number of amides is 2. The highest BCUT2D eigenvalue weighted by atomic mass is 32.2. The molecule has 0 bridgehead atoms. The maximum atomic E-state index is 13.7. The van der Waals surface area contributed by atoms with Gasteiger partial charge in [0.1, 0.15) is 11.8 Å².